The van der Waals surface area contributed by atoms with Crippen LogP contribution in [0, 0.1) is 5.92 Å². The van der Waals surface area contributed by atoms with Crippen LogP contribution in [0.15, 0.2) is 11.6 Å². The maximum Gasteiger partial charge on any atom is 0.303 e. The molecule has 2 fully saturated rings. The van der Waals surface area contributed by atoms with Crippen LogP contribution in [-0.2, 0) is 14.3 Å². The molecule has 90 valence electrons. The zero-order valence-corrected chi connectivity index (χ0v) is 9.90. The molecule has 3 atom stereocenters. The zero-order valence-electron chi connectivity index (χ0n) is 9.90. The topological polar surface area (TPSA) is 55.8 Å². The first-order chi connectivity index (χ1) is 7.43. The van der Waals surface area contributed by atoms with Crippen molar-refractivity contribution in [3.8, 4) is 0 Å². The summed E-state index contributed by atoms with van der Waals surface area (Å²) in [7, 11) is 0. The van der Waals surface area contributed by atoms with Gasteiger partial charge in [-0.2, -0.15) is 0 Å². The Kier molecular flexibility index (Phi) is 2.80. The van der Waals surface area contributed by atoms with E-state index < -0.39 is 11.8 Å². The monoisotopic (exact) mass is 226 g/mol. The molecule has 1 heterocycles. The predicted octanol–water partition coefficient (Wildman–Crippen LogP) is 1.95. The first kappa shape index (κ1) is 11.6. The minimum absolute atomic E-state index is 0.0190. The molecule has 4 nitrogen and oxygen atoms in total. The Morgan fingerprint density at radius 3 is 2.81 bits per heavy atom. The number of carbonyl (C=O) groups is 1. The highest BCUT2D eigenvalue weighted by atomic mass is 16.8. The Balaban J connectivity index is 2.13. The van der Waals surface area contributed by atoms with Crippen LogP contribution in [0.3, 0.4) is 0 Å². The van der Waals surface area contributed by atoms with Crippen molar-refractivity contribution < 1.29 is 19.4 Å². The number of carboxylic acid groups (broad SMARTS) is 1. The van der Waals surface area contributed by atoms with Gasteiger partial charge in [-0.25, -0.2) is 0 Å². The maximum absolute atomic E-state index is 10.8. The molecule has 0 spiro atoms. The number of fused-ring (bicyclic) bond motifs is 1. The Bertz CT molecular complexity index is 332. The second-order valence-electron chi connectivity index (χ2n) is 4.91. The van der Waals surface area contributed by atoms with Crippen LogP contribution in [0.2, 0.25) is 0 Å². The summed E-state index contributed by atoms with van der Waals surface area (Å²) in [5, 5.41) is 8.84. The van der Waals surface area contributed by atoms with Gasteiger partial charge < -0.3 is 14.6 Å². The molecule has 3 unspecified atom stereocenters. The molecule has 0 bridgehead atoms. The van der Waals surface area contributed by atoms with E-state index in [0.29, 0.717) is 0 Å². The summed E-state index contributed by atoms with van der Waals surface area (Å²) in [6.07, 6.45) is 2.86. The first-order valence-electron chi connectivity index (χ1n) is 5.66. The van der Waals surface area contributed by atoms with Crippen LogP contribution in [0.4, 0.5) is 0 Å². The lowest BCUT2D eigenvalue weighted by atomic mass is 9.98. The van der Waals surface area contributed by atoms with Crippen molar-refractivity contribution in [3.05, 3.63) is 11.6 Å². The molecule has 0 radical (unpaired) electrons. The van der Waals surface area contributed by atoms with Crippen LogP contribution >= 0.6 is 0 Å². The molecule has 1 N–H and O–H groups in total. The van der Waals surface area contributed by atoms with Gasteiger partial charge in [0.15, 0.2) is 5.79 Å². The van der Waals surface area contributed by atoms with Crippen molar-refractivity contribution in [2.75, 3.05) is 0 Å². The molecule has 1 aliphatic carbocycles. The standard InChI is InChI=1S/C12H18O4/c1-4-8-7(6-10(13)14)5-9-11(8)16-12(2,3)15-9/h4,7,9,11H,5-6H2,1-3H3,(H,13,14). The van der Waals surface area contributed by atoms with Gasteiger partial charge in [0.1, 0.15) is 6.10 Å². The van der Waals surface area contributed by atoms with E-state index in [-0.39, 0.29) is 24.5 Å². The second-order valence-corrected chi connectivity index (χ2v) is 4.91. The fraction of sp³-hybridized carbons (Fsp3) is 0.750. The number of aliphatic carboxylic acids is 1. The molecule has 1 saturated heterocycles. The third-order valence-corrected chi connectivity index (χ3v) is 3.25. The molecule has 1 saturated carbocycles. The van der Waals surface area contributed by atoms with Crippen LogP contribution in [-0.4, -0.2) is 29.1 Å². The third-order valence-electron chi connectivity index (χ3n) is 3.25. The van der Waals surface area contributed by atoms with Gasteiger partial charge in [-0.05, 0) is 38.7 Å². The maximum atomic E-state index is 10.8. The van der Waals surface area contributed by atoms with Crippen molar-refractivity contribution in [3.63, 3.8) is 0 Å². The van der Waals surface area contributed by atoms with Crippen LogP contribution < -0.4 is 0 Å². The lowest BCUT2D eigenvalue weighted by molar-refractivity contribution is -0.150. The normalized spacial score (nSPS) is 38.9. The van der Waals surface area contributed by atoms with E-state index in [2.05, 4.69) is 0 Å². The van der Waals surface area contributed by atoms with Gasteiger partial charge in [-0.3, -0.25) is 4.79 Å². The van der Waals surface area contributed by atoms with E-state index in [1.807, 2.05) is 26.8 Å². The summed E-state index contributed by atoms with van der Waals surface area (Å²) in [4.78, 5) is 10.8. The highest BCUT2D eigenvalue weighted by molar-refractivity contribution is 5.67. The number of carboxylic acids is 1. The Labute approximate surface area is 95.2 Å². The van der Waals surface area contributed by atoms with Crippen LogP contribution in [0.5, 0.6) is 0 Å². The SMILES string of the molecule is CC=C1C(CC(=O)O)CC2OC(C)(C)OC12. The number of ether oxygens (including phenoxy) is 2. The van der Waals surface area contributed by atoms with Gasteiger partial charge in [0.2, 0.25) is 0 Å². The molecular weight excluding hydrogens is 208 g/mol. The smallest absolute Gasteiger partial charge is 0.303 e. The molecule has 2 aliphatic rings. The highest BCUT2D eigenvalue weighted by Gasteiger charge is 2.50. The molecule has 0 aromatic heterocycles. The van der Waals surface area contributed by atoms with Crippen molar-refractivity contribution in [1.29, 1.82) is 0 Å². The quantitative estimate of drug-likeness (QED) is 0.731. The van der Waals surface area contributed by atoms with Crippen molar-refractivity contribution in [1.82, 2.24) is 0 Å². The number of rotatable bonds is 2. The molecule has 4 heteroatoms. The number of allylic oxidation sites excluding steroid dienone is 1. The minimum Gasteiger partial charge on any atom is -0.481 e. The fourth-order valence-corrected chi connectivity index (χ4v) is 2.75. The van der Waals surface area contributed by atoms with Gasteiger partial charge in [0, 0.05) is 0 Å². The molecule has 0 aromatic rings. The Morgan fingerprint density at radius 2 is 2.25 bits per heavy atom. The summed E-state index contributed by atoms with van der Waals surface area (Å²) in [6, 6.07) is 0. The number of hydrogen-bond donors (Lipinski definition) is 1. The summed E-state index contributed by atoms with van der Waals surface area (Å²) in [5.74, 6) is -1.24. The van der Waals surface area contributed by atoms with E-state index >= 15 is 0 Å². The average Bonchev–Trinajstić information content (AvgIpc) is 2.54. The second kappa shape index (κ2) is 3.86. The highest BCUT2D eigenvalue weighted by Crippen LogP contribution is 2.45. The van der Waals surface area contributed by atoms with Crippen molar-refractivity contribution in [2.45, 2.75) is 51.6 Å². The molecular formula is C12H18O4. The van der Waals surface area contributed by atoms with E-state index in [1.165, 1.54) is 0 Å². The van der Waals surface area contributed by atoms with Crippen molar-refractivity contribution in [2.24, 2.45) is 5.92 Å². The molecule has 0 aromatic carbocycles. The van der Waals surface area contributed by atoms with Crippen LogP contribution in [0.1, 0.15) is 33.6 Å². The largest absolute Gasteiger partial charge is 0.481 e. The third kappa shape index (κ3) is 1.99. The Morgan fingerprint density at radius 1 is 1.56 bits per heavy atom. The average molecular weight is 226 g/mol. The van der Waals surface area contributed by atoms with E-state index in [1.54, 1.807) is 0 Å². The van der Waals surface area contributed by atoms with Crippen LogP contribution in [0.25, 0.3) is 0 Å². The van der Waals surface area contributed by atoms with Crippen molar-refractivity contribution >= 4 is 5.97 Å². The molecule has 2 rings (SSSR count). The van der Waals surface area contributed by atoms with E-state index in [0.717, 1.165) is 12.0 Å². The zero-order chi connectivity index (χ0) is 11.9. The molecule has 1 aliphatic heterocycles. The van der Waals surface area contributed by atoms with E-state index in [9.17, 15) is 4.79 Å². The van der Waals surface area contributed by atoms with Gasteiger partial charge >= 0.3 is 5.97 Å². The van der Waals surface area contributed by atoms with E-state index in [4.69, 9.17) is 14.6 Å². The Hall–Kier alpha value is -0.870. The summed E-state index contributed by atoms with van der Waals surface area (Å²) in [5.41, 5.74) is 1.08. The van der Waals surface area contributed by atoms with Gasteiger partial charge in [0.05, 0.1) is 12.5 Å². The lowest BCUT2D eigenvalue weighted by Crippen LogP contribution is -2.24. The first-order valence-corrected chi connectivity index (χ1v) is 5.66. The predicted molar refractivity (Wildman–Crippen MR) is 57.9 cm³/mol. The lowest BCUT2D eigenvalue weighted by Gasteiger charge is -2.21. The summed E-state index contributed by atoms with van der Waals surface area (Å²) >= 11 is 0. The minimum atomic E-state index is -0.761. The molecule has 0 amide bonds. The summed E-state index contributed by atoms with van der Waals surface area (Å²) in [6.45, 7) is 5.72. The van der Waals surface area contributed by atoms with Gasteiger partial charge in [0.25, 0.3) is 0 Å². The summed E-state index contributed by atoms with van der Waals surface area (Å²) < 4.78 is 11.6. The van der Waals surface area contributed by atoms with Gasteiger partial charge in [-0.15, -0.1) is 0 Å². The molecule has 16 heavy (non-hydrogen) atoms. The fourth-order valence-electron chi connectivity index (χ4n) is 2.75. The number of hydrogen-bond acceptors (Lipinski definition) is 3. The van der Waals surface area contributed by atoms with Gasteiger partial charge in [-0.1, -0.05) is 6.08 Å².